The molecule has 1 unspecified atom stereocenters. The van der Waals surface area contributed by atoms with Crippen molar-refractivity contribution in [3.63, 3.8) is 0 Å². The molecule has 1 atom stereocenters. The Bertz CT molecular complexity index is 908. The summed E-state index contributed by atoms with van der Waals surface area (Å²) in [5, 5.41) is 0. The second-order valence-electron chi connectivity index (χ2n) is 9.83. The number of benzene rings is 2. The Balaban J connectivity index is 1.63. The van der Waals surface area contributed by atoms with E-state index in [4.69, 9.17) is 0 Å². The third-order valence-electron chi connectivity index (χ3n) is 6.27. The van der Waals surface area contributed by atoms with Crippen molar-refractivity contribution in [2.45, 2.75) is 68.8 Å². The van der Waals surface area contributed by atoms with Gasteiger partial charge in [0.2, 0.25) is 10.0 Å². The molecule has 0 radical (unpaired) electrons. The van der Waals surface area contributed by atoms with Crippen LogP contribution >= 0.6 is 0 Å². The van der Waals surface area contributed by atoms with Gasteiger partial charge in [-0.1, -0.05) is 63.2 Å². The Labute approximate surface area is 182 Å². The molecular weight excluding hydrogens is 392 g/mol. The SMILES string of the molecule is CN(C)C(c1ccccc1)C1CCC(NS(=O)(=O)c2ccc(C(C)(C)C)cc2)CC1. The van der Waals surface area contributed by atoms with Gasteiger partial charge in [-0.05, 0) is 74.4 Å². The van der Waals surface area contributed by atoms with Crippen molar-refractivity contribution in [2.75, 3.05) is 14.1 Å². The molecular formula is C25H36N2O2S. The highest BCUT2D eigenvalue weighted by atomic mass is 32.2. The minimum atomic E-state index is -3.49. The van der Waals surface area contributed by atoms with Crippen molar-refractivity contribution in [2.24, 2.45) is 5.92 Å². The maximum absolute atomic E-state index is 12.9. The summed E-state index contributed by atoms with van der Waals surface area (Å²) in [4.78, 5) is 2.65. The molecule has 3 rings (SSSR count). The predicted octanol–water partition coefficient (Wildman–Crippen LogP) is 5.12. The zero-order chi connectivity index (χ0) is 21.9. The largest absolute Gasteiger partial charge is 0.302 e. The molecule has 164 valence electrons. The number of hydrogen-bond donors (Lipinski definition) is 1. The first-order chi connectivity index (χ1) is 14.1. The van der Waals surface area contributed by atoms with E-state index in [2.05, 4.69) is 74.8 Å². The number of sulfonamides is 1. The fourth-order valence-corrected chi connectivity index (χ4v) is 5.92. The van der Waals surface area contributed by atoms with Gasteiger partial charge in [0, 0.05) is 12.1 Å². The molecule has 0 heterocycles. The van der Waals surface area contributed by atoms with Crippen LogP contribution in [0.3, 0.4) is 0 Å². The molecule has 0 aliphatic heterocycles. The maximum Gasteiger partial charge on any atom is 0.240 e. The van der Waals surface area contributed by atoms with Crippen molar-refractivity contribution in [1.29, 1.82) is 0 Å². The summed E-state index contributed by atoms with van der Waals surface area (Å²) in [5.41, 5.74) is 2.48. The Kier molecular flexibility index (Phi) is 7.05. The van der Waals surface area contributed by atoms with Gasteiger partial charge >= 0.3 is 0 Å². The quantitative estimate of drug-likeness (QED) is 0.694. The maximum atomic E-state index is 12.9. The van der Waals surface area contributed by atoms with Crippen LogP contribution in [-0.2, 0) is 15.4 Å². The van der Waals surface area contributed by atoms with Gasteiger partial charge in [0.25, 0.3) is 0 Å². The van der Waals surface area contributed by atoms with E-state index in [1.165, 1.54) is 5.56 Å². The summed E-state index contributed by atoms with van der Waals surface area (Å²) >= 11 is 0. The van der Waals surface area contributed by atoms with E-state index in [0.717, 1.165) is 31.2 Å². The average Bonchev–Trinajstić information content (AvgIpc) is 2.69. The van der Waals surface area contributed by atoms with Crippen LogP contribution in [0.2, 0.25) is 0 Å². The van der Waals surface area contributed by atoms with Gasteiger partial charge in [0.15, 0.2) is 0 Å². The molecule has 1 aliphatic rings. The van der Waals surface area contributed by atoms with Crippen molar-refractivity contribution in [3.05, 3.63) is 65.7 Å². The number of nitrogens with zero attached hydrogens (tertiary/aromatic N) is 1. The van der Waals surface area contributed by atoms with Gasteiger partial charge in [-0.2, -0.15) is 0 Å². The van der Waals surface area contributed by atoms with Crippen LogP contribution in [0, 0.1) is 5.92 Å². The third-order valence-corrected chi connectivity index (χ3v) is 7.80. The fourth-order valence-electron chi connectivity index (χ4n) is 4.62. The van der Waals surface area contributed by atoms with E-state index in [-0.39, 0.29) is 11.5 Å². The Morgan fingerprint density at radius 1 is 0.900 bits per heavy atom. The molecule has 1 saturated carbocycles. The van der Waals surface area contributed by atoms with E-state index >= 15 is 0 Å². The molecule has 1 aliphatic carbocycles. The van der Waals surface area contributed by atoms with E-state index in [1.807, 2.05) is 12.1 Å². The van der Waals surface area contributed by atoms with Crippen LogP contribution in [0.4, 0.5) is 0 Å². The lowest BCUT2D eigenvalue weighted by Crippen LogP contribution is -2.39. The van der Waals surface area contributed by atoms with Crippen molar-refractivity contribution in [1.82, 2.24) is 9.62 Å². The Morgan fingerprint density at radius 3 is 1.97 bits per heavy atom. The molecule has 0 amide bonds. The summed E-state index contributed by atoms with van der Waals surface area (Å²) < 4.78 is 28.7. The zero-order valence-electron chi connectivity index (χ0n) is 18.9. The van der Waals surface area contributed by atoms with Crippen molar-refractivity contribution < 1.29 is 8.42 Å². The molecule has 2 aromatic rings. The molecule has 0 bridgehead atoms. The second kappa shape index (κ2) is 9.21. The second-order valence-corrected chi connectivity index (χ2v) is 11.5. The molecule has 2 aromatic carbocycles. The minimum Gasteiger partial charge on any atom is -0.302 e. The normalized spacial score (nSPS) is 21.5. The molecule has 1 fully saturated rings. The number of rotatable bonds is 6. The fraction of sp³-hybridized carbons (Fsp3) is 0.520. The van der Waals surface area contributed by atoms with Crippen LogP contribution in [0.5, 0.6) is 0 Å². The summed E-state index contributed by atoms with van der Waals surface area (Å²) in [5.74, 6) is 0.536. The van der Waals surface area contributed by atoms with Crippen LogP contribution in [0.1, 0.15) is 63.6 Å². The monoisotopic (exact) mass is 428 g/mol. The van der Waals surface area contributed by atoms with Crippen LogP contribution in [-0.4, -0.2) is 33.5 Å². The molecule has 0 aromatic heterocycles. The molecule has 0 saturated heterocycles. The summed E-state index contributed by atoms with van der Waals surface area (Å²) in [6.07, 6.45) is 3.80. The van der Waals surface area contributed by atoms with E-state index in [0.29, 0.717) is 16.9 Å². The lowest BCUT2D eigenvalue weighted by Gasteiger charge is -2.37. The topological polar surface area (TPSA) is 49.4 Å². The molecule has 1 N–H and O–H groups in total. The van der Waals surface area contributed by atoms with Gasteiger partial charge < -0.3 is 4.90 Å². The summed E-state index contributed by atoms with van der Waals surface area (Å²) in [6, 6.07) is 18.3. The molecule has 30 heavy (non-hydrogen) atoms. The number of nitrogens with one attached hydrogen (secondary N) is 1. The zero-order valence-corrected chi connectivity index (χ0v) is 19.7. The standard InChI is InChI=1S/C25H36N2O2S/c1-25(2,3)21-13-17-23(18-14-21)30(28,29)26-22-15-11-20(12-16-22)24(27(4)5)19-9-7-6-8-10-19/h6-10,13-14,17-18,20,22,24,26H,11-12,15-16H2,1-5H3. The summed E-state index contributed by atoms with van der Waals surface area (Å²) in [6.45, 7) is 6.39. The van der Waals surface area contributed by atoms with Crippen LogP contribution < -0.4 is 4.72 Å². The third kappa shape index (κ3) is 5.51. The highest BCUT2D eigenvalue weighted by Crippen LogP contribution is 2.37. The van der Waals surface area contributed by atoms with Crippen LogP contribution in [0.25, 0.3) is 0 Å². The first kappa shape index (κ1) is 23.0. The van der Waals surface area contributed by atoms with E-state index in [9.17, 15) is 8.42 Å². The highest BCUT2D eigenvalue weighted by molar-refractivity contribution is 7.89. The van der Waals surface area contributed by atoms with Gasteiger partial charge in [0.05, 0.1) is 4.90 Å². The Hall–Kier alpha value is -1.69. The van der Waals surface area contributed by atoms with Gasteiger partial charge in [0.1, 0.15) is 0 Å². The van der Waals surface area contributed by atoms with Crippen LogP contribution in [0.15, 0.2) is 59.5 Å². The van der Waals surface area contributed by atoms with Gasteiger partial charge in [-0.3, -0.25) is 0 Å². The predicted molar refractivity (Wildman–Crippen MR) is 124 cm³/mol. The smallest absolute Gasteiger partial charge is 0.240 e. The first-order valence-electron chi connectivity index (χ1n) is 10.9. The van der Waals surface area contributed by atoms with E-state index in [1.54, 1.807) is 12.1 Å². The summed E-state index contributed by atoms with van der Waals surface area (Å²) in [7, 11) is 0.777. The van der Waals surface area contributed by atoms with Gasteiger partial charge in [-0.15, -0.1) is 0 Å². The highest BCUT2D eigenvalue weighted by Gasteiger charge is 2.31. The average molecular weight is 429 g/mol. The minimum absolute atomic E-state index is 0.00660. The molecule has 4 nitrogen and oxygen atoms in total. The lowest BCUT2D eigenvalue weighted by atomic mass is 9.79. The lowest BCUT2D eigenvalue weighted by molar-refractivity contribution is 0.161. The first-order valence-corrected chi connectivity index (χ1v) is 12.4. The van der Waals surface area contributed by atoms with Crippen molar-refractivity contribution in [3.8, 4) is 0 Å². The number of hydrogen-bond acceptors (Lipinski definition) is 3. The van der Waals surface area contributed by atoms with E-state index < -0.39 is 10.0 Å². The molecule has 0 spiro atoms. The van der Waals surface area contributed by atoms with Gasteiger partial charge in [-0.25, -0.2) is 13.1 Å². The Morgan fingerprint density at radius 2 is 1.47 bits per heavy atom. The molecule has 5 heteroatoms. The van der Waals surface area contributed by atoms with Crippen molar-refractivity contribution >= 4 is 10.0 Å².